The standard InChI is InChI=1S/C20H21ClO4/c1-3-12-24-20(22)11-7-15-6-10-18(23-2)19(13-15)25-17-8-4-16(14-21)5-9-17/h3-6,8-10,13H,1,7,11-12,14H2,2H3. The molecule has 2 aromatic carbocycles. The van der Waals surface area contributed by atoms with Crippen molar-refractivity contribution in [3.63, 3.8) is 0 Å². The summed E-state index contributed by atoms with van der Waals surface area (Å²) in [6.07, 6.45) is 2.40. The molecule has 0 saturated carbocycles. The lowest BCUT2D eigenvalue weighted by atomic mass is 10.1. The predicted molar refractivity (Wildman–Crippen MR) is 98.5 cm³/mol. The number of ether oxygens (including phenoxy) is 3. The molecular weight excluding hydrogens is 340 g/mol. The number of carbonyl (C=O) groups is 1. The summed E-state index contributed by atoms with van der Waals surface area (Å²) < 4.78 is 16.2. The summed E-state index contributed by atoms with van der Waals surface area (Å²) in [5.41, 5.74) is 1.98. The van der Waals surface area contributed by atoms with Crippen molar-refractivity contribution in [3.05, 3.63) is 66.2 Å². The van der Waals surface area contributed by atoms with Crippen LogP contribution in [0, 0.1) is 0 Å². The smallest absolute Gasteiger partial charge is 0.306 e. The fraction of sp³-hybridized carbons (Fsp3) is 0.250. The van der Waals surface area contributed by atoms with Crippen LogP contribution in [0.4, 0.5) is 0 Å². The summed E-state index contributed by atoms with van der Waals surface area (Å²) >= 11 is 5.80. The SMILES string of the molecule is C=CCOC(=O)CCc1ccc(OC)c(Oc2ccc(CCl)cc2)c1. The van der Waals surface area contributed by atoms with Crippen LogP contribution in [0.3, 0.4) is 0 Å². The second kappa shape index (κ2) is 9.74. The van der Waals surface area contributed by atoms with E-state index in [1.807, 2.05) is 42.5 Å². The quantitative estimate of drug-likeness (QED) is 0.363. The van der Waals surface area contributed by atoms with Gasteiger partial charge in [-0.1, -0.05) is 30.9 Å². The van der Waals surface area contributed by atoms with Gasteiger partial charge in [-0.05, 0) is 41.8 Å². The Balaban J connectivity index is 2.07. The molecule has 0 aliphatic heterocycles. The first-order chi connectivity index (χ1) is 12.2. The Morgan fingerprint density at radius 1 is 1.12 bits per heavy atom. The van der Waals surface area contributed by atoms with Crippen LogP contribution in [0.15, 0.2) is 55.1 Å². The highest BCUT2D eigenvalue weighted by molar-refractivity contribution is 6.17. The molecule has 0 heterocycles. The number of esters is 1. The van der Waals surface area contributed by atoms with Crippen molar-refractivity contribution in [2.75, 3.05) is 13.7 Å². The molecule has 0 aromatic heterocycles. The zero-order chi connectivity index (χ0) is 18.1. The number of methoxy groups -OCH3 is 1. The van der Waals surface area contributed by atoms with E-state index >= 15 is 0 Å². The second-order valence-corrected chi connectivity index (χ2v) is 5.60. The summed E-state index contributed by atoms with van der Waals surface area (Å²) in [4.78, 5) is 11.6. The highest BCUT2D eigenvalue weighted by atomic mass is 35.5. The molecule has 25 heavy (non-hydrogen) atoms. The molecule has 0 aliphatic carbocycles. The van der Waals surface area contributed by atoms with E-state index in [0.717, 1.165) is 11.1 Å². The first kappa shape index (κ1) is 18.9. The van der Waals surface area contributed by atoms with E-state index in [4.69, 9.17) is 25.8 Å². The predicted octanol–water partition coefficient (Wildman–Crippen LogP) is 4.89. The monoisotopic (exact) mass is 360 g/mol. The van der Waals surface area contributed by atoms with Crippen LogP contribution in [0.1, 0.15) is 17.5 Å². The van der Waals surface area contributed by atoms with Crippen LogP contribution in [0.5, 0.6) is 17.2 Å². The molecule has 0 aliphatic rings. The Morgan fingerprint density at radius 2 is 1.84 bits per heavy atom. The van der Waals surface area contributed by atoms with Crippen LogP contribution in [-0.4, -0.2) is 19.7 Å². The lowest BCUT2D eigenvalue weighted by Crippen LogP contribution is -2.05. The lowest BCUT2D eigenvalue weighted by Gasteiger charge is -2.12. The average molecular weight is 361 g/mol. The van der Waals surface area contributed by atoms with E-state index in [9.17, 15) is 4.79 Å². The van der Waals surface area contributed by atoms with Gasteiger partial charge in [0.05, 0.1) is 7.11 Å². The van der Waals surface area contributed by atoms with E-state index in [2.05, 4.69) is 6.58 Å². The summed E-state index contributed by atoms with van der Waals surface area (Å²) in [5, 5.41) is 0. The third-order valence-electron chi connectivity index (χ3n) is 3.51. The van der Waals surface area contributed by atoms with Crippen molar-refractivity contribution >= 4 is 17.6 Å². The highest BCUT2D eigenvalue weighted by Crippen LogP contribution is 2.33. The zero-order valence-electron chi connectivity index (χ0n) is 14.2. The minimum absolute atomic E-state index is 0.230. The number of halogens is 1. The van der Waals surface area contributed by atoms with Gasteiger partial charge >= 0.3 is 5.97 Å². The number of aryl methyl sites for hydroxylation is 1. The molecule has 0 unspecified atom stereocenters. The molecule has 0 bridgehead atoms. The van der Waals surface area contributed by atoms with Crippen LogP contribution in [0.2, 0.25) is 0 Å². The van der Waals surface area contributed by atoms with Gasteiger partial charge in [0, 0.05) is 12.3 Å². The van der Waals surface area contributed by atoms with Gasteiger partial charge in [-0.25, -0.2) is 0 Å². The molecule has 0 saturated heterocycles. The van der Waals surface area contributed by atoms with Gasteiger partial charge in [-0.2, -0.15) is 0 Å². The molecule has 0 amide bonds. The number of alkyl halides is 1. The van der Waals surface area contributed by atoms with Gasteiger partial charge in [0.2, 0.25) is 0 Å². The normalized spacial score (nSPS) is 10.2. The Bertz CT molecular complexity index is 710. The molecule has 132 valence electrons. The molecule has 0 fully saturated rings. The summed E-state index contributed by atoms with van der Waals surface area (Å²) in [7, 11) is 1.59. The molecule has 5 heteroatoms. The minimum Gasteiger partial charge on any atom is -0.493 e. The number of benzene rings is 2. The molecule has 0 spiro atoms. The van der Waals surface area contributed by atoms with E-state index in [-0.39, 0.29) is 12.6 Å². The van der Waals surface area contributed by atoms with Gasteiger partial charge in [-0.15, -0.1) is 11.6 Å². The van der Waals surface area contributed by atoms with Crippen molar-refractivity contribution in [1.82, 2.24) is 0 Å². The third-order valence-corrected chi connectivity index (χ3v) is 3.82. The first-order valence-electron chi connectivity index (χ1n) is 7.92. The maximum atomic E-state index is 11.6. The number of carbonyl (C=O) groups excluding carboxylic acids is 1. The Hall–Kier alpha value is -2.46. The molecule has 4 nitrogen and oxygen atoms in total. The van der Waals surface area contributed by atoms with Crippen molar-refractivity contribution in [3.8, 4) is 17.2 Å². The Labute approximate surface area is 153 Å². The largest absolute Gasteiger partial charge is 0.493 e. The Morgan fingerprint density at radius 3 is 2.48 bits per heavy atom. The molecule has 2 rings (SSSR count). The van der Waals surface area contributed by atoms with Gasteiger partial charge in [0.1, 0.15) is 12.4 Å². The Kier molecular flexibility index (Phi) is 7.36. The number of hydrogen-bond donors (Lipinski definition) is 0. The van der Waals surface area contributed by atoms with Gasteiger partial charge < -0.3 is 14.2 Å². The topological polar surface area (TPSA) is 44.8 Å². The highest BCUT2D eigenvalue weighted by Gasteiger charge is 2.09. The lowest BCUT2D eigenvalue weighted by molar-refractivity contribution is -0.142. The maximum absolute atomic E-state index is 11.6. The van der Waals surface area contributed by atoms with E-state index in [0.29, 0.717) is 36.0 Å². The van der Waals surface area contributed by atoms with E-state index in [1.54, 1.807) is 13.2 Å². The van der Waals surface area contributed by atoms with E-state index < -0.39 is 0 Å². The summed E-state index contributed by atoms with van der Waals surface area (Å²) in [6.45, 7) is 3.75. The fourth-order valence-corrected chi connectivity index (χ4v) is 2.38. The molecule has 0 radical (unpaired) electrons. The molecule has 0 N–H and O–H groups in total. The zero-order valence-corrected chi connectivity index (χ0v) is 14.9. The fourth-order valence-electron chi connectivity index (χ4n) is 2.20. The number of rotatable bonds is 9. The van der Waals surface area contributed by atoms with Crippen LogP contribution in [-0.2, 0) is 21.8 Å². The van der Waals surface area contributed by atoms with Crippen molar-refractivity contribution < 1.29 is 19.0 Å². The van der Waals surface area contributed by atoms with Crippen LogP contribution >= 0.6 is 11.6 Å². The van der Waals surface area contributed by atoms with Crippen LogP contribution < -0.4 is 9.47 Å². The maximum Gasteiger partial charge on any atom is 0.306 e. The first-order valence-corrected chi connectivity index (χ1v) is 8.46. The van der Waals surface area contributed by atoms with Gasteiger partial charge in [-0.3, -0.25) is 4.79 Å². The second-order valence-electron chi connectivity index (χ2n) is 5.34. The molecular formula is C20H21ClO4. The minimum atomic E-state index is -0.255. The molecule has 2 aromatic rings. The van der Waals surface area contributed by atoms with E-state index in [1.165, 1.54) is 0 Å². The summed E-state index contributed by atoms with van der Waals surface area (Å²) in [5.74, 6) is 2.11. The van der Waals surface area contributed by atoms with Crippen LogP contribution in [0.25, 0.3) is 0 Å². The van der Waals surface area contributed by atoms with Gasteiger partial charge in [0.15, 0.2) is 11.5 Å². The summed E-state index contributed by atoms with van der Waals surface area (Å²) in [6, 6.07) is 13.1. The van der Waals surface area contributed by atoms with Crippen molar-refractivity contribution in [1.29, 1.82) is 0 Å². The van der Waals surface area contributed by atoms with Crippen molar-refractivity contribution in [2.24, 2.45) is 0 Å². The average Bonchev–Trinajstić information content (AvgIpc) is 2.65. The third kappa shape index (κ3) is 5.84. The number of hydrogen-bond acceptors (Lipinski definition) is 4. The van der Waals surface area contributed by atoms with Crippen molar-refractivity contribution in [2.45, 2.75) is 18.7 Å². The molecule has 0 atom stereocenters. The van der Waals surface area contributed by atoms with Gasteiger partial charge in [0.25, 0.3) is 0 Å².